The van der Waals surface area contributed by atoms with Crippen LogP contribution in [-0.2, 0) is 10.0 Å². The van der Waals surface area contributed by atoms with Crippen LogP contribution in [0.2, 0.25) is 0 Å². The van der Waals surface area contributed by atoms with Gasteiger partial charge in [-0.3, -0.25) is 0 Å². The fourth-order valence-electron chi connectivity index (χ4n) is 1.74. The Bertz CT molecular complexity index is 463. The van der Waals surface area contributed by atoms with Gasteiger partial charge in [-0.25, -0.2) is 13.6 Å². The maximum atomic E-state index is 11.0. The number of sulfonamides is 1. The summed E-state index contributed by atoms with van der Waals surface area (Å²) in [5, 5.41) is 13.9. The molecule has 0 atom stereocenters. The highest BCUT2D eigenvalue weighted by atomic mass is 32.2. The predicted molar refractivity (Wildman–Crippen MR) is 60.6 cm³/mol. The summed E-state index contributed by atoms with van der Waals surface area (Å²) >= 11 is 0. The van der Waals surface area contributed by atoms with Crippen LogP contribution in [0.15, 0.2) is 29.2 Å². The number of hydrogen-bond donors (Lipinski definition) is 2. The second-order valence-corrected chi connectivity index (χ2v) is 5.55. The Kier molecular flexibility index (Phi) is 2.88. The number of nitrogens with zero attached hydrogens (tertiary/aromatic N) is 1. The number of aliphatic hydroxyl groups excluding tert-OH is 1. The molecule has 0 amide bonds. The van der Waals surface area contributed by atoms with E-state index in [-0.39, 0.29) is 11.5 Å². The topological polar surface area (TPSA) is 83.6 Å². The van der Waals surface area contributed by atoms with Crippen molar-refractivity contribution in [1.82, 2.24) is 0 Å². The predicted octanol–water partition coefficient (Wildman–Crippen LogP) is -0.238. The molecule has 1 aromatic carbocycles. The summed E-state index contributed by atoms with van der Waals surface area (Å²) in [6.45, 7) is 1.82. The summed E-state index contributed by atoms with van der Waals surface area (Å²) in [5.74, 6) is 0.331. The minimum atomic E-state index is -3.61. The van der Waals surface area contributed by atoms with Crippen molar-refractivity contribution in [2.24, 2.45) is 11.1 Å². The van der Waals surface area contributed by atoms with E-state index < -0.39 is 10.0 Å². The van der Waals surface area contributed by atoms with Gasteiger partial charge < -0.3 is 10.0 Å². The van der Waals surface area contributed by atoms with Crippen LogP contribution in [0.3, 0.4) is 0 Å². The highest BCUT2D eigenvalue weighted by Gasteiger charge is 2.25. The largest absolute Gasteiger partial charge is 0.396 e. The third-order valence-corrected chi connectivity index (χ3v) is 3.68. The normalized spacial score (nSPS) is 17.2. The lowest BCUT2D eigenvalue weighted by molar-refractivity contribution is 0.201. The third-order valence-electron chi connectivity index (χ3n) is 2.75. The maximum Gasteiger partial charge on any atom is 0.238 e. The van der Waals surface area contributed by atoms with Gasteiger partial charge in [0.1, 0.15) is 0 Å². The Morgan fingerprint density at radius 3 is 2.31 bits per heavy atom. The summed E-state index contributed by atoms with van der Waals surface area (Å²) in [7, 11) is -3.61. The first-order chi connectivity index (χ1) is 7.50. The minimum absolute atomic E-state index is 0.121. The SMILES string of the molecule is NS(=O)(=O)c1ccc(N2CC(CO)C2)cc1. The van der Waals surface area contributed by atoms with Crippen LogP contribution in [0, 0.1) is 5.92 Å². The van der Waals surface area contributed by atoms with Crippen molar-refractivity contribution < 1.29 is 13.5 Å². The molecule has 0 bridgehead atoms. The van der Waals surface area contributed by atoms with Gasteiger partial charge in [0.2, 0.25) is 10.0 Å². The molecule has 88 valence electrons. The summed E-state index contributed by atoms with van der Waals surface area (Å²) in [5.41, 5.74) is 0.956. The van der Waals surface area contributed by atoms with E-state index >= 15 is 0 Å². The van der Waals surface area contributed by atoms with Crippen LogP contribution in [0.5, 0.6) is 0 Å². The van der Waals surface area contributed by atoms with Gasteiger partial charge in [-0.15, -0.1) is 0 Å². The van der Waals surface area contributed by atoms with E-state index in [0.29, 0.717) is 5.92 Å². The van der Waals surface area contributed by atoms with Gasteiger partial charge in [0.05, 0.1) is 4.90 Å². The number of rotatable bonds is 3. The van der Waals surface area contributed by atoms with Crippen LogP contribution < -0.4 is 10.0 Å². The lowest BCUT2D eigenvalue weighted by atomic mass is 10.0. The van der Waals surface area contributed by atoms with Crippen LogP contribution in [0.25, 0.3) is 0 Å². The van der Waals surface area contributed by atoms with Crippen molar-refractivity contribution in [1.29, 1.82) is 0 Å². The number of nitrogens with two attached hydrogens (primary N) is 1. The van der Waals surface area contributed by atoms with Crippen LogP contribution in [0.1, 0.15) is 0 Å². The first kappa shape index (κ1) is 11.4. The molecule has 0 saturated carbocycles. The molecule has 0 aromatic heterocycles. The molecule has 0 spiro atoms. The number of hydrogen-bond acceptors (Lipinski definition) is 4. The third kappa shape index (κ3) is 2.18. The number of anilines is 1. The second-order valence-electron chi connectivity index (χ2n) is 3.99. The molecular formula is C10H14N2O3S. The van der Waals surface area contributed by atoms with Gasteiger partial charge in [0.25, 0.3) is 0 Å². The Hall–Kier alpha value is -1.11. The van der Waals surface area contributed by atoms with Crippen molar-refractivity contribution in [2.45, 2.75) is 4.90 Å². The van der Waals surface area contributed by atoms with Gasteiger partial charge in [-0.1, -0.05) is 0 Å². The molecule has 1 aliphatic heterocycles. The van der Waals surface area contributed by atoms with E-state index in [4.69, 9.17) is 10.2 Å². The summed E-state index contributed by atoms with van der Waals surface area (Å²) in [6.07, 6.45) is 0. The molecule has 1 fully saturated rings. The Labute approximate surface area is 94.5 Å². The molecule has 16 heavy (non-hydrogen) atoms. The summed E-state index contributed by atoms with van der Waals surface area (Å²) in [4.78, 5) is 2.20. The monoisotopic (exact) mass is 242 g/mol. The lowest BCUT2D eigenvalue weighted by Gasteiger charge is -2.40. The first-order valence-electron chi connectivity index (χ1n) is 4.99. The molecule has 1 heterocycles. The van der Waals surface area contributed by atoms with Gasteiger partial charge in [0, 0.05) is 31.3 Å². The summed E-state index contributed by atoms with van der Waals surface area (Å²) in [6, 6.07) is 6.45. The average molecular weight is 242 g/mol. The lowest BCUT2D eigenvalue weighted by Crippen LogP contribution is -2.48. The van der Waals surface area contributed by atoms with Crippen LogP contribution in [-0.4, -0.2) is 33.2 Å². The van der Waals surface area contributed by atoms with Gasteiger partial charge >= 0.3 is 0 Å². The fraction of sp³-hybridized carbons (Fsp3) is 0.400. The zero-order chi connectivity index (χ0) is 11.8. The van der Waals surface area contributed by atoms with E-state index in [2.05, 4.69) is 4.90 Å². The zero-order valence-electron chi connectivity index (χ0n) is 8.70. The van der Waals surface area contributed by atoms with E-state index in [1.807, 2.05) is 0 Å². The summed E-state index contributed by atoms with van der Waals surface area (Å²) < 4.78 is 22.1. The van der Waals surface area contributed by atoms with Gasteiger partial charge in [-0.05, 0) is 24.3 Å². The second kappa shape index (κ2) is 4.04. The van der Waals surface area contributed by atoms with Crippen molar-refractivity contribution >= 4 is 15.7 Å². The molecule has 0 aliphatic carbocycles. The first-order valence-corrected chi connectivity index (χ1v) is 6.54. The van der Waals surface area contributed by atoms with E-state index in [9.17, 15) is 8.42 Å². The zero-order valence-corrected chi connectivity index (χ0v) is 9.52. The number of benzene rings is 1. The highest BCUT2D eigenvalue weighted by Crippen LogP contribution is 2.25. The standard InChI is InChI=1S/C10H14N2O3S/c11-16(14,15)10-3-1-9(2-4-10)12-5-8(6-12)7-13/h1-4,8,13H,5-7H2,(H2,11,14,15). The number of primary sulfonamides is 1. The molecule has 0 radical (unpaired) electrons. The molecule has 2 rings (SSSR count). The molecule has 0 unspecified atom stereocenters. The molecular weight excluding hydrogens is 228 g/mol. The highest BCUT2D eigenvalue weighted by molar-refractivity contribution is 7.89. The Morgan fingerprint density at radius 1 is 1.31 bits per heavy atom. The Balaban J connectivity index is 2.10. The maximum absolute atomic E-state index is 11.0. The molecule has 6 heteroatoms. The molecule has 5 nitrogen and oxygen atoms in total. The van der Waals surface area contributed by atoms with Crippen LogP contribution >= 0.6 is 0 Å². The van der Waals surface area contributed by atoms with Crippen molar-refractivity contribution in [2.75, 3.05) is 24.6 Å². The van der Waals surface area contributed by atoms with E-state index in [1.165, 1.54) is 12.1 Å². The smallest absolute Gasteiger partial charge is 0.238 e. The van der Waals surface area contributed by atoms with Gasteiger partial charge in [0.15, 0.2) is 0 Å². The fourth-order valence-corrected chi connectivity index (χ4v) is 2.26. The molecule has 1 saturated heterocycles. The van der Waals surface area contributed by atoms with Crippen LogP contribution in [0.4, 0.5) is 5.69 Å². The van der Waals surface area contributed by atoms with Gasteiger partial charge in [-0.2, -0.15) is 0 Å². The van der Waals surface area contributed by atoms with Crippen molar-refractivity contribution in [3.63, 3.8) is 0 Å². The molecule has 1 aliphatic rings. The van der Waals surface area contributed by atoms with Crippen molar-refractivity contribution in [3.05, 3.63) is 24.3 Å². The molecule has 1 aromatic rings. The van der Waals surface area contributed by atoms with E-state index in [1.54, 1.807) is 12.1 Å². The van der Waals surface area contributed by atoms with E-state index in [0.717, 1.165) is 18.8 Å². The quantitative estimate of drug-likeness (QED) is 0.766. The number of aliphatic hydroxyl groups is 1. The average Bonchev–Trinajstić information content (AvgIpc) is 2.15. The Morgan fingerprint density at radius 2 is 1.88 bits per heavy atom. The van der Waals surface area contributed by atoms with Crippen molar-refractivity contribution in [3.8, 4) is 0 Å². The molecule has 3 N–H and O–H groups in total. The minimum Gasteiger partial charge on any atom is -0.396 e.